The van der Waals surface area contributed by atoms with Crippen LogP contribution in [0.5, 0.6) is 0 Å². The van der Waals surface area contributed by atoms with E-state index in [0.717, 1.165) is 32.2 Å². The van der Waals surface area contributed by atoms with Gasteiger partial charge in [0.05, 0.1) is 12.9 Å². The summed E-state index contributed by atoms with van der Waals surface area (Å²) in [4.78, 5) is 11.7. The van der Waals surface area contributed by atoms with Crippen molar-refractivity contribution in [1.29, 1.82) is 0 Å². The molecule has 20 heavy (non-hydrogen) atoms. The number of rotatable bonds is 7. The molecule has 1 aliphatic carbocycles. The Morgan fingerprint density at radius 3 is 2.70 bits per heavy atom. The minimum atomic E-state index is -0.439. The highest BCUT2D eigenvalue weighted by atomic mass is 16.6. The average Bonchev–Trinajstić information content (AvgIpc) is 2.74. The van der Waals surface area contributed by atoms with Crippen molar-refractivity contribution < 1.29 is 14.3 Å². The molecule has 0 bridgehead atoms. The van der Waals surface area contributed by atoms with E-state index in [9.17, 15) is 4.79 Å². The maximum Gasteiger partial charge on any atom is 0.407 e. The Hall–Kier alpha value is -1.23. The molecule has 0 radical (unpaired) electrons. The van der Waals surface area contributed by atoms with Gasteiger partial charge in [0.1, 0.15) is 5.60 Å². The van der Waals surface area contributed by atoms with Crippen LogP contribution >= 0.6 is 0 Å². The lowest BCUT2D eigenvalue weighted by atomic mass is 10.2. The van der Waals surface area contributed by atoms with Gasteiger partial charge in [0.25, 0.3) is 0 Å². The molecule has 0 spiro atoms. The van der Waals surface area contributed by atoms with E-state index in [1.54, 1.807) is 0 Å². The van der Waals surface area contributed by atoms with Crippen molar-refractivity contribution >= 4 is 6.09 Å². The van der Waals surface area contributed by atoms with Crippen molar-refractivity contribution in [2.24, 2.45) is 0 Å². The first-order chi connectivity index (χ1) is 9.40. The number of nitrogens with one attached hydrogen (secondary N) is 2. The Morgan fingerprint density at radius 1 is 1.35 bits per heavy atom. The summed E-state index contributed by atoms with van der Waals surface area (Å²) in [7, 11) is 0. The molecule has 5 nitrogen and oxygen atoms in total. The first-order valence-corrected chi connectivity index (χ1v) is 7.36. The maximum absolute atomic E-state index is 11.7. The summed E-state index contributed by atoms with van der Waals surface area (Å²) < 4.78 is 10.3. The summed E-state index contributed by atoms with van der Waals surface area (Å²) in [5, 5.41) is 6.42. The highest BCUT2D eigenvalue weighted by molar-refractivity contribution is 5.68. The number of carbonyl (C=O) groups excluding carboxylic acids is 1. The topological polar surface area (TPSA) is 59.6 Å². The third-order valence-electron chi connectivity index (χ3n) is 3.14. The SMILES string of the molecule is C=COCCCNC1CCC(NC(=O)OC(C)(C)C)C1. The molecule has 1 saturated carbocycles. The molecule has 1 rings (SSSR count). The number of hydrogen-bond acceptors (Lipinski definition) is 4. The fourth-order valence-corrected chi connectivity index (χ4v) is 2.32. The van der Waals surface area contributed by atoms with E-state index in [4.69, 9.17) is 9.47 Å². The van der Waals surface area contributed by atoms with Crippen LogP contribution in [0.3, 0.4) is 0 Å². The van der Waals surface area contributed by atoms with Gasteiger partial charge in [0.15, 0.2) is 0 Å². The van der Waals surface area contributed by atoms with E-state index in [0.29, 0.717) is 12.6 Å². The Labute approximate surface area is 122 Å². The second-order valence-electron chi connectivity index (χ2n) is 6.20. The number of hydrogen-bond donors (Lipinski definition) is 2. The number of carbonyl (C=O) groups is 1. The lowest BCUT2D eigenvalue weighted by Gasteiger charge is -2.21. The van der Waals surface area contributed by atoms with Crippen LogP contribution in [-0.4, -0.2) is 36.9 Å². The minimum absolute atomic E-state index is 0.215. The highest BCUT2D eigenvalue weighted by Crippen LogP contribution is 2.19. The molecule has 2 atom stereocenters. The summed E-state index contributed by atoms with van der Waals surface area (Å²) in [6.07, 6.45) is 5.16. The molecule has 116 valence electrons. The Morgan fingerprint density at radius 2 is 2.05 bits per heavy atom. The highest BCUT2D eigenvalue weighted by Gasteiger charge is 2.27. The zero-order valence-electron chi connectivity index (χ0n) is 12.9. The fourth-order valence-electron chi connectivity index (χ4n) is 2.32. The summed E-state index contributed by atoms with van der Waals surface area (Å²) >= 11 is 0. The van der Waals surface area contributed by atoms with E-state index < -0.39 is 5.60 Å². The van der Waals surface area contributed by atoms with Crippen LogP contribution < -0.4 is 10.6 Å². The van der Waals surface area contributed by atoms with Gasteiger partial charge in [-0.25, -0.2) is 4.79 Å². The predicted octanol–water partition coefficient (Wildman–Crippen LogP) is 2.57. The summed E-state index contributed by atoms with van der Waals surface area (Å²) in [6, 6.07) is 0.686. The van der Waals surface area contributed by atoms with E-state index in [-0.39, 0.29) is 12.1 Å². The van der Waals surface area contributed by atoms with E-state index >= 15 is 0 Å². The van der Waals surface area contributed by atoms with Crippen LogP contribution in [0.2, 0.25) is 0 Å². The van der Waals surface area contributed by atoms with Gasteiger partial charge in [-0.2, -0.15) is 0 Å². The Balaban J connectivity index is 2.13. The van der Waals surface area contributed by atoms with E-state index in [1.165, 1.54) is 6.26 Å². The molecular weight excluding hydrogens is 256 g/mol. The first kappa shape index (κ1) is 16.8. The quantitative estimate of drug-likeness (QED) is 0.557. The third-order valence-corrected chi connectivity index (χ3v) is 3.14. The van der Waals surface area contributed by atoms with Crippen molar-refractivity contribution in [3.8, 4) is 0 Å². The first-order valence-electron chi connectivity index (χ1n) is 7.36. The second kappa shape index (κ2) is 8.15. The zero-order valence-corrected chi connectivity index (χ0v) is 12.9. The van der Waals surface area contributed by atoms with Crippen LogP contribution in [0.15, 0.2) is 12.8 Å². The smallest absolute Gasteiger partial charge is 0.407 e. The molecule has 0 aromatic carbocycles. The van der Waals surface area contributed by atoms with Crippen molar-refractivity contribution in [1.82, 2.24) is 10.6 Å². The van der Waals surface area contributed by atoms with Crippen molar-refractivity contribution in [3.63, 3.8) is 0 Å². The summed E-state index contributed by atoms with van der Waals surface area (Å²) in [6.45, 7) is 10.7. The molecule has 0 aliphatic heterocycles. The van der Waals surface area contributed by atoms with Gasteiger partial charge in [-0.15, -0.1) is 0 Å². The largest absolute Gasteiger partial charge is 0.502 e. The van der Waals surface area contributed by atoms with Gasteiger partial charge < -0.3 is 20.1 Å². The summed E-state index contributed by atoms with van der Waals surface area (Å²) in [5.41, 5.74) is -0.439. The van der Waals surface area contributed by atoms with Gasteiger partial charge in [0, 0.05) is 12.1 Å². The molecule has 0 aromatic rings. The van der Waals surface area contributed by atoms with Gasteiger partial charge in [0.2, 0.25) is 0 Å². The van der Waals surface area contributed by atoms with Crippen LogP contribution in [0.25, 0.3) is 0 Å². The van der Waals surface area contributed by atoms with Crippen molar-refractivity contribution in [3.05, 3.63) is 12.8 Å². The average molecular weight is 284 g/mol. The third kappa shape index (κ3) is 7.38. The molecule has 0 saturated heterocycles. The fraction of sp³-hybridized carbons (Fsp3) is 0.800. The Bertz CT molecular complexity index is 313. The second-order valence-corrected chi connectivity index (χ2v) is 6.20. The van der Waals surface area contributed by atoms with Gasteiger partial charge in [-0.1, -0.05) is 6.58 Å². The molecule has 5 heteroatoms. The molecule has 2 N–H and O–H groups in total. The summed E-state index contributed by atoms with van der Waals surface area (Å²) in [5.74, 6) is 0. The molecule has 0 aromatic heterocycles. The van der Waals surface area contributed by atoms with E-state index in [1.807, 2.05) is 20.8 Å². The van der Waals surface area contributed by atoms with Crippen LogP contribution in [0, 0.1) is 0 Å². The molecular formula is C15H28N2O3. The monoisotopic (exact) mass is 284 g/mol. The molecule has 1 aliphatic rings. The maximum atomic E-state index is 11.7. The molecule has 1 fully saturated rings. The normalized spacial score (nSPS) is 22.4. The van der Waals surface area contributed by atoms with Crippen LogP contribution in [0.1, 0.15) is 46.5 Å². The van der Waals surface area contributed by atoms with E-state index in [2.05, 4.69) is 17.2 Å². The zero-order chi connectivity index (χ0) is 15.0. The predicted molar refractivity (Wildman–Crippen MR) is 79.6 cm³/mol. The standard InChI is InChI=1S/C15H28N2O3/c1-5-19-10-6-9-16-12-7-8-13(11-12)17-14(18)20-15(2,3)4/h5,12-13,16H,1,6-11H2,2-4H3,(H,17,18). The lowest BCUT2D eigenvalue weighted by molar-refractivity contribution is 0.0505. The molecule has 1 amide bonds. The van der Waals surface area contributed by atoms with Gasteiger partial charge in [-0.3, -0.25) is 0 Å². The molecule has 0 heterocycles. The Kier molecular flexibility index (Phi) is 6.85. The minimum Gasteiger partial charge on any atom is -0.502 e. The van der Waals surface area contributed by atoms with Gasteiger partial charge in [-0.05, 0) is 53.0 Å². The number of amides is 1. The lowest BCUT2D eigenvalue weighted by Crippen LogP contribution is -2.39. The van der Waals surface area contributed by atoms with Crippen LogP contribution in [0.4, 0.5) is 4.79 Å². The number of alkyl carbamates (subject to hydrolysis) is 1. The van der Waals surface area contributed by atoms with Gasteiger partial charge >= 0.3 is 6.09 Å². The molecule has 2 unspecified atom stereocenters. The number of ether oxygens (including phenoxy) is 2. The van der Waals surface area contributed by atoms with Crippen molar-refractivity contribution in [2.45, 2.75) is 64.1 Å². The van der Waals surface area contributed by atoms with Crippen LogP contribution in [-0.2, 0) is 9.47 Å². The van der Waals surface area contributed by atoms with Crippen molar-refractivity contribution in [2.75, 3.05) is 13.2 Å².